The maximum atomic E-state index is 12.7. The van der Waals surface area contributed by atoms with E-state index in [9.17, 15) is 4.79 Å². The van der Waals surface area contributed by atoms with Crippen molar-refractivity contribution in [1.29, 1.82) is 0 Å². The van der Waals surface area contributed by atoms with Gasteiger partial charge in [-0.1, -0.05) is 0 Å². The van der Waals surface area contributed by atoms with Gasteiger partial charge in [-0.15, -0.1) is 0 Å². The van der Waals surface area contributed by atoms with Crippen LogP contribution in [0.15, 0.2) is 0 Å². The molecule has 124 valence electrons. The zero-order chi connectivity index (χ0) is 16.0. The maximum absolute atomic E-state index is 12.7. The standard InChI is InChI=1S/C17H35N3O/c1-13(2)19(11-16-7-9-18-10-8-16)12-17(21)20(14(3)4)15(5)6/h13-16,18H,7-12H2,1-6H3. The third kappa shape index (κ3) is 5.95. The molecule has 0 bridgehead atoms. The van der Waals surface area contributed by atoms with Gasteiger partial charge in [0.1, 0.15) is 0 Å². The zero-order valence-corrected chi connectivity index (χ0v) is 14.9. The molecule has 0 radical (unpaired) electrons. The summed E-state index contributed by atoms with van der Waals surface area (Å²) in [5.41, 5.74) is 0. The van der Waals surface area contributed by atoms with Gasteiger partial charge in [0, 0.05) is 24.7 Å². The van der Waals surface area contributed by atoms with Gasteiger partial charge in [-0.2, -0.15) is 0 Å². The predicted octanol–water partition coefficient (Wildman–Crippen LogP) is 2.34. The van der Waals surface area contributed by atoms with Gasteiger partial charge in [0.15, 0.2) is 0 Å². The lowest BCUT2D eigenvalue weighted by Crippen LogP contribution is -2.49. The zero-order valence-electron chi connectivity index (χ0n) is 14.9. The van der Waals surface area contributed by atoms with Crippen molar-refractivity contribution in [3.8, 4) is 0 Å². The van der Waals surface area contributed by atoms with Crippen LogP contribution in [0.3, 0.4) is 0 Å². The summed E-state index contributed by atoms with van der Waals surface area (Å²) < 4.78 is 0. The summed E-state index contributed by atoms with van der Waals surface area (Å²) in [6, 6.07) is 0.959. The van der Waals surface area contributed by atoms with Crippen molar-refractivity contribution in [2.24, 2.45) is 5.92 Å². The summed E-state index contributed by atoms with van der Waals surface area (Å²) in [5, 5.41) is 3.41. The van der Waals surface area contributed by atoms with Gasteiger partial charge < -0.3 is 10.2 Å². The third-order valence-corrected chi connectivity index (χ3v) is 4.42. The Morgan fingerprint density at radius 3 is 1.95 bits per heavy atom. The Balaban J connectivity index is 2.61. The highest BCUT2D eigenvalue weighted by molar-refractivity contribution is 5.78. The Labute approximate surface area is 131 Å². The van der Waals surface area contributed by atoms with Crippen LogP contribution in [-0.4, -0.2) is 60.0 Å². The number of carbonyl (C=O) groups is 1. The van der Waals surface area contributed by atoms with E-state index >= 15 is 0 Å². The fourth-order valence-electron chi connectivity index (χ4n) is 3.28. The molecule has 1 aliphatic heterocycles. The number of piperidine rings is 1. The Kier molecular flexibility index (Phi) is 7.67. The fraction of sp³-hybridized carbons (Fsp3) is 0.941. The first-order chi connectivity index (χ1) is 9.82. The molecule has 0 aliphatic carbocycles. The quantitative estimate of drug-likeness (QED) is 0.783. The Morgan fingerprint density at radius 1 is 1.00 bits per heavy atom. The number of amides is 1. The summed E-state index contributed by atoms with van der Waals surface area (Å²) in [7, 11) is 0. The predicted molar refractivity (Wildman–Crippen MR) is 89.4 cm³/mol. The molecule has 0 unspecified atom stereocenters. The topological polar surface area (TPSA) is 35.6 Å². The highest BCUT2D eigenvalue weighted by Crippen LogP contribution is 2.16. The van der Waals surface area contributed by atoms with Gasteiger partial charge in [0.25, 0.3) is 0 Å². The Bertz CT molecular complexity index is 301. The second kappa shape index (κ2) is 8.74. The van der Waals surface area contributed by atoms with Crippen molar-refractivity contribution in [3.05, 3.63) is 0 Å². The third-order valence-electron chi connectivity index (χ3n) is 4.42. The molecule has 0 spiro atoms. The van der Waals surface area contributed by atoms with E-state index in [4.69, 9.17) is 0 Å². The fourth-order valence-corrected chi connectivity index (χ4v) is 3.28. The van der Waals surface area contributed by atoms with E-state index in [1.54, 1.807) is 0 Å². The van der Waals surface area contributed by atoms with Crippen LogP contribution >= 0.6 is 0 Å². The Hall–Kier alpha value is -0.610. The highest BCUT2D eigenvalue weighted by Gasteiger charge is 2.25. The average Bonchev–Trinajstić information content (AvgIpc) is 2.38. The summed E-state index contributed by atoms with van der Waals surface area (Å²) in [5.74, 6) is 0.996. The van der Waals surface area contributed by atoms with Crippen molar-refractivity contribution < 1.29 is 4.79 Å². The molecule has 4 heteroatoms. The molecule has 1 amide bonds. The molecule has 1 N–H and O–H groups in total. The Morgan fingerprint density at radius 2 is 1.52 bits per heavy atom. The van der Waals surface area contributed by atoms with Gasteiger partial charge >= 0.3 is 0 Å². The van der Waals surface area contributed by atoms with Crippen molar-refractivity contribution in [2.45, 2.75) is 72.5 Å². The average molecular weight is 297 g/mol. The van der Waals surface area contributed by atoms with Gasteiger partial charge in [0.05, 0.1) is 6.54 Å². The molecule has 4 nitrogen and oxygen atoms in total. The van der Waals surface area contributed by atoms with Crippen molar-refractivity contribution in [1.82, 2.24) is 15.1 Å². The van der Waals surface area contributed by atoms with Gasteiger partial charge in [-0.25, -0.2) is 0 Å². The highest BCUT2D eigenvalue weighted by atomic mass is 16.2. The molecule has 21 heavy (non-hydrogen) atoms. The second-order valence-electron chi connectivity index (χ2n) is 7.21. The van der Waals surface area contributed by atoms with Gasteiger partial charge in [-0.3, -0.25) is 9.69 Å². The monoisotopic (exact) mass is 297 g/mol. The van der Waals surface area contributed by atoms with Crippen LogP contribution in [0.1, 0.15) is 54.4 Å². The first kappa shape index (κ1) is 18.4. The molecule has 0 aromatic carbocycles. The van der Waals surface area contributed by atoms with Crippen LogP contribution in [0, 0.1) is 5.92 Å². The number of hydrogen-bond acceptors (Lipinski definition) is 3. The normalized spacial score (nSPS) is 17.2. The van der Waals surface area contributed by atoms with Gasteiger partial charge in [0.2, 0.25) is 5.91 Å². The van der Waals surface area contributed by atoms with Crippen LogP contribution < -0.4 is 5.32 Å². The molecule has 1 saturated heterocycles. The molecule has 0 saturated carbocycles. The molecule has 1 rings (SSSR count). The van der Waals surface area contributed by atoms with E-state index < -0.39 is 0 Å². The number of rotatable bonds is 7. The van der Waals surface area contributed by atoms with E-state index in [1.807, 2.05) is 4.90 Å². The maximum Gasteiger partial charge on any atom is 0.237 e. The SMILES string of the molecule is CC(C)N(CC(=O)N(C(C)C)C(C)C)CC1CCNCC1. The number of nitrogens with one attached hydrogen (secondary N) is 1. The van der Waals surface area contributed by atoms with Crippen LogP contribution in [-0.2, 0) is 4.79 Å². The van der Waals surface area contributed by atoms with E-state index in [2.05, 4.69) is 51.8 Å². The van der Waals surface area contributed by atoms with Crippen LogP contribution in [0.25, 0.3) is 0 Å². The molecule has 1 aliphatic rings. The van der Waals surface area contributed by atoms with E-state index in [0.717, 1.165) is 25.6 Å². The molecular weight excluding hydrogens is 262 g/mol. The summed E-state index contributed by atoms with van der Waals surface area (Å²) in [4.78, 5) is 17.0. The van der Waals surface area contributed by atoms with Crippen LogP contribution in [0.4, 0.5) is 0 Å². The molecule has 1 heterocycles. The number of carbonyl (C=O) groups excluding carboxylic acids is 1. The molecule has 0 aromatic rings. The van der Waals surface area contributed by atoms with Crippen LogP contribution in [0.5, 0.6) is 0 Å². The second-order valence-corrected chi connectivity index (χ2v) is 7.21. The van der Waals surface area contributed by atoms with Crippen LogP contribution in [0.2, 0.25) is 0 Å². The lowest BCUT2D eigenvalue weighted by Gasteiger charge is -2.36. The van der Waals surface area contributed by atoms with Crippen molar-refractivity contribution in [3.63, 3.8) is 0 Å². The minimum atomic E-state index is 0.266. The summed E-state index contributed by atoms with van der Waals surface area (Å²) >= 11 is 0. The van der Waals surface area contributed by atoms with E-state index in [-0.39, 0.29) is 18.0 Å². The van der Waals surface area contributed by atoms with E-state index in [1.165, 1.54) is 12.8 Å². The molecule has 1 fully saturated rings. The first-order valence-corrected chi connectivity index (χ1v) is 8.58. The van der Waals surface area contributed by atoms with Gasteiger partial charge in [-0.05, 0) is 73.4 Å². The van der Waals surface area contributed by atoms with Crippen molar-refractivity contribution >= 4 is 5.91 Å². The molecule has 0 atom stereocenters. The first-order valence-electron chi connectivity index (χ1n) is 8.58. The molecular formula is C17H35N3O. The smallest absolute Gasteiger partial charge is 0.237 e. The lowest BCUT2D eigenvalue weighted by atomic mass is 9.97. The number of hydrogen-bond donors (Lipinski definition) is 1. The number of nitrogens with zero attached hydrogens (tertiary/aromatic N) is 2. The molecule has 0 aromatic heterocycles. The van der Waals surface area contributed by atoms with E-state index in [0.29, 0.717) is 12.6 Å². The minimum Gasteiger partial charge on any atom is -0.337 e. The van der Waals surface area contributed by atoms with Crippen molar-refractivity contribution in [2.75, 3.05) is 26.2 Å². The largest absolute Gasteiger partial charge is 0.337 e. The lowest BCUT2D eigenvalue weighted by molar-refractivity contribution is -0.136. The summed E-state index contributed by atoms with van der Waals surface area (Å²) in [6.45, 7) is 16.6. The summed E-state index contributed by atoms with van der Waals surface area (Å²) in [6.07, 6.45) is 2.46. The minimum absolute atomic E-state index is 0.266.